The van der Waals surface area contributed by atoms with E-state index in [4.69, 9.17) is 4.74 Å². The van der Waals surface area contributed by atoms with Gasteiger partial charge in [-0.25, -0.2) is 0 Å². The fourth-order valence-electron chi connectivity index (χ4n) is 2.87. The van der Waals surface area contributed by atoms with Crippen molar-refractivity contribution in [3.63, 3.8) is 0 Å². The van der Waals surface area contributed by atoms with Gasteiger partial charge >= 0.3 is 5.97 Å². The van der Waals surface area contributed by atoms with Crippen LogP contribution in [0.5, 0.6) is 0 Å². The lowest BCUT2D eigenvalue weighted by atomic mass is 9.68. The highest BCUT2D eigenvalue weighted by Gasteiger charge is 2.57. The van der Waals surface area contributed by atoms with Crippen molar-refractivity contribution in [2.75, 3.05) is 30.1 Å². The van der Waals surface area contributed by atoms with E-state index in [0.717, 1.165) is 37.2 Å². The van der Waals surface area contributed by atoms with Crippen LogP contribution in [-0.2, 0) is 9.53 Å². The first-order chi connectivity index (χ1) is 8.15. The molecule has 2 fully saturated rings. The van der Waals surface area contributed by atoms with Gasteiger partial charge in [0.05, 0.1) is 12.7 Å². The standard InChI is InChI=1S/C12H20O3S2/c1-15-10(13)11(4-2-6-16-8-11)12(14)5-3-7-17-9-12/h14H,2-9H2,1H3. The maximum absolute atomic E-state index is 12.2. The van der Waals surface area contributed by atoms with Gasteiger partial charge in [-0.2, -0.15) is 23.5 Å². The molecule has 0 aromatic heterocycles. The average molecular weight is 276 g/mol. The highest BCUT2D eigenvalue weighted by Crippen LogP contribution is 2.49. The molecule has 2 saturated heterocycles. The molecule has 2 aliphatic rings. The fraction of sp³-hybridized carbons (Fsp3) is 0.917. The van der Waals surface area contributed by atoms with Crippen molar-refractivity contribution in [2.24, 2.45) is 5.41 Å². The summed E-state index contributed by atoms with van der Waals surface area (Å²) in [4.78, 5) is 12.2. The van der Waals surface area contributed by atoms with Crippen molar-refractivity contribution in [2.45, 2.75) is 31.3 Å². The Balaban J connectivity index is 2.27. The summed E-state index contributed by atoms with van der Waals surface area (Å²) >= 11 is 3.52. The summed E-state index contributed by atoms with van der Waals surface area (Å²) in [5, 5.41) is 10.9. The van der Waals surface area contributed by atoms with Gasteiger partial charge in [-0.3, -0.25) is 4.79 Å². The van der Waals surface area contributed by atoms with Crippen LogP contribution in [0.1, 0.15) is 25.7 Å². The Labute approximate surface area is 111 Å². The van der Waals surface area contributed by atoms with Crippen LogP contribution in [0.15, 0.2) is 0 Å². The van der Waals surface area contributed by atoms with Gasteiger partial charge in [0, 0.05) is 11.5 Å². The summed E-state index contributed by atoms with van der Waals surface area (Å²) in [6.07, 6.45) is 3.48. The second kappa shape index (κ2) is 5.41. The number of carbonyl (C=O) groups excluding carboxylic acids is 1. The molecule has 3 nitrogen and oxygen atoms in total. The number of methoxy groups -OCH3 is 1. The first kappa shape index (κ1) is 13.6. The minimum absolute atomic E-state index is 0.213. The van der Waals surface area contributed by atoms with Gasteiger partial charge < -0.3 is 9.84 Å². The van der Waals surface area contributed by atoms with Crippen LogP contribution in [0.25, 0.3) is 0 Å². The minimum Gasteiger partial charge on any atom is -0.468 e. The smallest absolute Gasteiger partial charge is 0.315 e. The Morgan fingerprint density at radius 1 is 1.18 bits per heavy atom. The molecule has 98 valence electrons. The molecule has 2 heterocycles. The van der Waals surface area contributed by atoms with Gasteiger partial charge in [0.2, 0.25) is 0 Å². The lowest BCUT2D eigenvalue weighted by Gasteiger charge is -2.48. The Morgan fingerprint density at radius 2 is 1.82 bits per heavy atom. The number of aliphatic hydroxyl groups is 1. The maximum atomic E-state index is 12.2. The third-order valence-electron chi connectivity index (χ3n) is 3.93. The first-order valence-electron chi connectivity index (χ1n) is 6.11. The molecule has 2 atom stereocenters. The predicted molar refractivity (Wildman–Crippen MR) is 72.5 cm³/mol. The number of rotatable bonds is 2. The van der Waals surface area contributed by atoms with Crippen LogP contribution < -0.4 is 0 Å². The zero-order chi connectivity index (χ0) is 12.4. The highest BCUT2D eigenvalue weighted by atomic mass is 32.2. The molecule has 2 unspecified atom stereocenters. The van der Waals surface area contributed by atoms with E-state index in [-0.39, 0.29) is 5.97 Å². The van der Waals surface area contributed by atoms with Crippen LogP contribution in [0.4, 0.5) is 0 Å². The van der Waals surface area contributed by atoms with Gasteiger partial charge in [-0.05, 0) is 37.2 Å². The quantitative estimate of drug-likeness (QED) is 0.781. The molecule has 1 N–H and O–H groups in total. The molecule has 0 aliphatic carbocycles. The first-order valence-corrected chi connectivity index (χ1v) is 8.42. The number of hydrogen-bond donors (Lipinski definition) is 1. The molecule has 0 aromatic carbocycles. The topological polar surface area (TPSA) is 46.5 Å². The van der Waals surface area contributed by atoms with Gasteiger partial charge in [-0.15, -0.1) is 0 Å². The van der Waals surface area contributed by atoms with Gasteiger partial charge in [0.25, 0.3) is 0 Å². The summed E-state index contributed by atoms with van der Waals surface area (Å²) in [6, 6.07) is 0. The zero-order valence-corrected chi connectivity index (χ0v) is 11.9. The van der Waals surface area contributed by atoms with Crippen molar-refractivity contribution in [3.05, 3.63) is 0 Å². The van der Waals surface area contributed by atoms with Crippen molar-refractivity contribution in [1.82, 2.24) is 0 Å². The van der Waals surface area contributed by atoms with E-state index in [1.165, 1.54) is 7.11 Å². The van der Waals surface area contributed by atoms with Crippen LogP contribution >= 0.6 is 23.5 Å². The molecule has 0 aromatic rings. The molecule has 2 aliphatic heterocycles. The molecule has 0 bridgehead atoms. The van der Waals surface area contributed by atoms with Crippen LogP contribution in [0, 0.1) is 5.41 Å². The number of hydrogen-bond acceptors (Lipinski definition) is 5. The van der Waals surface area contributed by atoms with E-state index in [9.17, 15) is 9.90 Å². The lowest BCUT2D eigenvalue weighted by Crippen LogP contribution is -2.59. The zero-order valence-electron chi connectivity index (χ0n) is 10.2. The van der Waals surface area contributed by atoms with Gasteiger partial charge in [0.1, 0.15) is 5.41 Å². The van der Waals surface area contributed by atoms with Gasteiger partial charge in [0.15, 0.2) is 0 Å². The second-order valence-corrected chi connectivity index (χ2v) is 7.13. The Hall–Kier alpha value is 0.130. The van der Waals surface area contributed by atoms with Crippen LogP contribution in [-0.4, -0.2) is 46.8 Å². The normalized spacial score (nSPS) is 38.7. The highest BCUT2D eigenvalue weighted by molar-refractivity contribution is 7.99. The van der Waals surface area contributed by atoms with Crippen LogP contribution in [0.3, 0.4) is 0 Å². The SMILES string of the molecule is COC(=O)C1(C2(O)CCCSC2)CCCSC1. The van der Waals surface area contributed by atoms with Crippen molar-refractivity contribution in [3.8, 4) is 0 Å². The summed E-state index contributed by atoms with van der Waals surface area (Å²) in [7, 11) is 1.43. The predicted octanol–water partition coefficient (Wildman–Crippen LogP) is 1.93. The summed E-state index contributed by atoms with van der Waals surface area (Å²) < 4.78 is 4.99. The number of esters is 1. The summed E-state index contributed by atoms with van der Waals surface area (Å²) in [5.41, 5.74) is -1.53. The molecule has 0 spiro atoms. The third kappa shape index (κ3) is 2.34. The van der Waals surface area contributed by atoms with E-state index >= 15 is 0 Å². The molecule has 5 heteroatoms. The summed E-state index contributed by atoms with van der Waals surface area (Å²) in [6.45, 7) is 0. The average Bonchev–Trinajstić information content (AvgIpc) is 2.39. The van der Waals surface area contributed by atoms with E-state index in [1.807, 2.05) is 0 Å². The van der Waals surface area contributed by atoms with Crippen LogP contribution in [0.2, 0.25) is 0 Å². The van der Waals surface area contributed by atoms with E-state index < -0.39 is 11.0 Å². The minimum atomic E-state index is -0.865. The van der Waals surface area contributed by atoms with Crippen molar-refractivity contribution in [1.29, 1.82) is 0 Å². The Morgan fingerprint density at radius 3 is 2.29 bits per heavy atom. The van der Waals surface area contributed by atoms with E-state index in [1.54, 1.807) is 23.5 Å². The van der Waals surface area contributed by atoms with Crippen molar-refractivity contribution < 1.29 is 14.6 Å². The molecule has 2 rings (SSSR count). The molecule has 0 radical (unpaired) electrons. The Bertz CT molecular complexity index is 281. The lowest BCUT2D eigenvalue weighted by molar-refractivity contribution is -0.169. The van der Waals surface area contributed by atoms with E-state index in [0.29, 0.717) is 11.5 Å². The number of carbonyl (C=O) groups is 1. The second-order valence-electron chi connectivity index (χ2n) is 4.92. The largest absolute Gasteiger partial charge is 0.468 e. The molecular formula is C12H20O3S2. The third-order valence-corrected chi connectivity index (χ3v) is 6.46. The van der Waals surface area contributed by atoms with Gasteiger partial charge in [-0.1, -0.05) is 0 Å². The van der Waals surface area contributed by atoms with Crippen molar-refractivity contribution >= 4 is 29.5 Å². The molecular weight excluding hydrogens is 256 g/mol. The number of thioether (sulfide) groups is 2. The molecule has 17 heavy (non-hydrogen) atoms. The maximum Gasteiger partial charge on any atom is 0.315 e. The molecule has 0 amide bonds. The fourth-order valence-corrected chi connectivity index (χ4v) is 5.49. The monoisotopic (exact) mass is 276 g/mol. The molecule has 0 saturated carbocycles. The Kier molecular flexibility index (Phi) is 4.31. The number of ether oxygens (including phenoxy) is 1. The van der Waals surface area contributed by atoms with E-state index in [2.05, 4.69) is 0 Å². The summed E-state index contributed by atoms with van der Waals surface area (Å²) in [5.74, 6) is 3.34.